The van der Waals surface area contributed by atoms with E-state index in [2.05, 4.69) is 35.7 Å². The van der Waals surface area contributed by atoms with Gasteiger partial charge in [-0.05, 0) is 44.5 Å². The van der Waals surface area contributed by atoms with Gasteiger partial charge in [-0.1, -0.05) is 33.8 Å². The lowest BCUT2D eigenvalue weighted by Gasteiger charge is -2.34. The minimum Gasteiger partial charge on any atom is -0.490 e. The fourth-order valence-electron chi connectivity index (χ4n) is 6.11. The van der Waals surface area contributed by atoms with Crippen LogP contribution in [-0.2, 0) is 16.1 Å². The molecule has 52 heavy (non-hydrogen) atoms. The molecule has 0 spiro atoms. The second-order valence-corrected chi connectivity index (χ2v) is 12.4. The highest BCUT2D eigenvalue weighted by Crippen LogP contribution is 2.44. The van der Waals surface area contributed by atoms with Crippen molar-refractivity contribution in [2.45, 2.75) is 67.0 Å². The largest absolute Gasteiger partial charge is 0.490 e. The van der Waals surface area contributed by atoms with Gasteiger partial charge in [-0.3, -0.25) is 19.4 Å². The fourth-order valence-corrected chi connectivity index (χ4v) is 6.11. The molecule has 14 nitrogen and oxygen atoms in total. The minimum absolute atomic E-state index is 0.0135. The van der Waals surface area contributed by atoms with Crippen molar-refractivity contribution in [3.63, 3.8) is 0 Å². The fraction of sp³-hybridized carbons (Fsp3) is 0.579. The maximum atomic E-state index is 13.0. The molecule has 3 aromatic rings. The quantitative estimate of drug-likeness (QED) is 0.284. The second-order valence-electron chi connectivity index (χ2n) is 12.4. The number of rotatable bonds is 8. The van der Waals surface area contributed by atoms with E-state index in [1.54, 1.807) is 6.92 Å². The third-order valence-corrected chi connectivity index (χ3v) is 9.05. The highest BCUT2D eigenvalue weighted by molar-refractivity contribution is 5.94. The number of piperazine rings is 1. The number of nitrogens with one attached hydrogen (secondary N) is 3. The van der Waals surface area contributed by atoms with Crippen molar-refractivity contribution in [2.24, 2.45) is 0 Å². The summed E-state index contributed by atoms with van der Waals surface area (Å²) < 4.78 is 24.2. The predicted molar refractivity (Wildman–Crippen MR) is 204 cm³/mol. The Bertz CT molecular complexity index is 1600. The summed E-state index contributed by atoms with van der Waals surface area (Å²) in [4.78, 5) is 40.1. The van der Waals surface area contributed by atoms with Crippen molar-refractivity contribution in [3.8, 4) is 23.0 Å². The first-order valence-electron chi connectivity index (χ1n) is 18.8. The van der Waals surface area contributed by atoms with Gasteiger partial charge in [-0.2, -0.15) is 0 Å². The monoisotopic (exact) mass is 722 g/mol. The number of amides is 2. The first-order chi connectivity index (χ1) is 25.4. The molecule has 0 radical (unpaired) electrons. The first-order valence-corrected chi connectivity index (χ1v) is 18.8. The van der Waals surface area contributed by atoms with Gasteiger partial charge in [0.1, 0.15) is 12.1 Å². The number of carbonyl (C=O) groups excluding carboxylic acids is 2. The number of likely N-dealkylation sites (N-methyl/N-ethyl adjacent to an activating group) is 1. The van der Waals surface area contributed by atoms with Gasteiger partial charge in [0.05, 0.1) is 30.5 Å². The van der Waals surface area contributed by atoms with E-state index in [0.717, 1.165) is 67.8 Å². The van der Waals surface area contributed by atoms with Crippen LogP contribution in [0.3, 0.4) is 0 Å². The van der Waals surface area contributed by atoms with Gasteiger partial charge in [-0.25, -0.2) is 9.97 Å². The Morgan fingerprint density at radius 1 is 1.00 bits per heavy atom. The molecule has 0 aliphatic carbocycles. The Morgan fingerprint density at radius 3 is 2.50 bits per heavy atom. The number of hydrogen-bond donors (Lipinski definition) is 3. The van der Waals surface area contributed by atoms with Crippen molar-refractivity contribution in [1.29, 1.82) is 0 Å². The third kappa shape index (κ3) is 10.8. The van der Waals surface area contributed by atoms with Gasteiger partial charge in [0.25, 0.3) is 0 Å². The van der Waals surface area contributed by atoms with Crippen LogP contribution < -0.4 is 34.9 Å². The molecule has 2 bridgehead atoms. The van der Waals surface area contributed by atoms with Gasteiger partial charge in [0.2, 0.25) is 18.6 Å². The van der Waals surface area contributed by atoms with Crippen LogP contribution in [0.4, 0.5) is 11.5 Å². The lowest BCUT2D eigenvalue weighted by molar-refractivity contribution is -0.125. The lowest BCUT2D eigenvalue weighted by Crippen LogP contribution is -2.48. The van der Waals surface area contributed by atoms with Crippen molar-refractivity contribution >= 4 is 34.2 Å². The van der Waals surface area contributed by atoms with Crippen LogP contribution in [0, 0.1) is 0 Å². The zero-order valence-electron chi connectivity index (χ0n) is 32.0. The molecule has 286 valence electrons. The molecule has 2 amide bonds. The Kier molecular flexibility index (Phi) is 16.0. The molecular formula is C38H58N8O6. The van der Waals surface area contributed by atoms with Crippen LogP contribution in [0.2, 0.25) is 0 Å². The summed E-state index contributed by atoms with van der Waals surface area (Å²) in [5.41, 5.74) is 2.38. The average molecular weight is 723 g/mol. The van der Waals surface area contributed by atoms with Crippen LogP contribution in [0.1, 0.15) is 59.9 Å². The topological polar surface area (TPSA) is 143 Å². The van der Waals surface area contributed by atoms with E-state index in [1.807, 2.05) is 70.8 Å². The number of anilines is 2. The molecule has 0 saturated carbocycles. The normalized spacial score (nSPS) is 18.1. The van der Waals surface area contributed by atoms with Crippen LogP contribution in [0.5, 0.6) is 23.0 Å². The summed E-state index contributed by atoms with van der Waals surface area (Å²) in [7, 11) is 1.93. The molecule has 1 aromatic heterocycles. The number of hydrogen-bond acceptors (Lipinski definition) is 12. The van der Waals surface area contributed by atoms with Crippen LogP contribution >= 0.6 is 0 Å². The Balaban J connectivity index is 0.00000146. The maximum Gasteiger partial charge on any atom is 0.237 e. The Labute approximate surface area is 308 Å². The zero-order chi connectivity index (χ0) is 37.5. The molecule has 14 heteroatoms. The van der Waals surface area contributed by atoms with Crippen molar-refractivity contribution in [1.82, 2.24) is 35.3 Å². The van der Waals surface area contributed by atoms with Gasteiger partial charge in [0.15, 0.2) is 23.0 Å². The molecule has 1 atom stereocenters. The summed E-state index contributed by atoms with van der Waals surface area (Å²) in [5, 5.41) is 10.2. The van der Waals surface area contributed by atoms with E-state index in [1.165, 1.54) is 6.33 Å². The van der Waals surface area contributed by atoms with Crippen LogP contribution in [0.25, 0.3) is 10.9 Å². The molecular weight excluding hydrogens is 664 g/mol. The smallest absolute Gasteiger partial charge is 0.237 e. The van der Waals surface area contributed by atoms with E-state index < -0.39 is 0 Å². The summed E-state index contributed by atoms with van der Waals surface area (Å²) in [6.07, 6.45) is 3.03. The molecule has 3 aliphatic rings. The summed E-state index contributed by atoms with van der Waals surface area (Å²) in [6, 6.07) is 7.35. The van der Waals surface area contributed by atoms with Crippen molar-refractivity contribution in [3.05, 3.63) is 36.2 Å². The number of carbonyl (C=O) groups is 2. The predicted octanol–water partition coefficient (Wildman–Crippen LogP) is 4.40. The summed E-state index contributed by atoms with van der Waals surface area (Å²) in [6.45, 7) is 19.9. The van der Waals surface area contributed by atoms with Crippen molar-refractivity contribution < 1.29 is 28.5 Å². The number of nitrogens with zero attached hydrogens (tertiary/aromatic N) is 5. The van der Waals surface area contributed by atoms with Crippen LogP contribution in [-0.4, -0.2) is 122 Å². The highest BCUT2D eigenvalue weighted by atomic mass is 16.7. The van der Waals surface area contributed by atoms with E-state index in [9.17, 15) is 9.59 Å². The molecule has 4 heterocycles. The highest BCUT2D eigenvalue weighted by Gasteiger charge is 2.26. The number of fused-ring (bicyclic) bond motifs is 4. The third-order valence-electron chi connectivity index (χ3n) is 9.05. The van der Waals surface area contributed by atoms with E-state index in [0.29, 0.717) is 68.1 Å². The van der Waals surface area contributed by atoms with Gasteiger partial charge in [0, 0.05) is 77.3 Å². The number of ether oxygens (including phenoxy) is 4. The van der Waals surface area contributed by atoms with Gasteiger partial charge in [-0.15, -0.1) is 0 Å². The number of aromatic nitrogens is 2. The first kappa shape index (κ1) is 40.4. The average Bonchev–Trinajstić information content (AvgIpc) is 3.65. The van der Waals surface area contributed by atoms with E-state index >= 15 is 0 Å². The number of benzene rings is 2. The molecule has 6 rings (SSSR count). The van der Waals surface area contributed by atoms with Gasteiger partial charge < -0.3 is 39.8 Å². The molecule has 0 unspecified atom stereocenters. The zero-order valence-corrected chi connectivity index (χ0v) is 32.0. The van der Waals surface area contributed by atoms with Gasteiger partial charge >= 0.3 is 0 Å². The van der Waals surface area contributed by atoms with E-state index in [4.69, 9.17) is 18.9 Å². The minimum atomic E-state index is -0.352. The molecule has 3 N–H and O–H groups in total. The molecule has 1 saturated heterocycles. The summed E-state index contributed by atoms with van der Waals surface area (Å²) >= 11 is 0. The molecule has 3 aliphatic heterocycles. The lowest BCUT2D eigenvalue weighted by atomic mass is 10.1. The molecule has 1 fully saturated rings. The summed E-state index contributed by atoms with van der Waals surface area (Å²) in [5.74, 6) is 3.03. The Hall–Kier alpha value is -4.40. The molecule has 2 aromatic carbocycles. The standard InChI is InChI=1S/C34H46N8O6.2C2H6/c1-23-34(44)36-8-4-16-45-29-18-26-27(19-30(29)46-17-5-10-41-12-14-42(15-13-41)11-9-35-24(2)43)37-21-38-33(26)39-31-25(20-40(23)3)6-7-28-32(31)48-22-47-28;2*1-2/h6-7,18-19,21,23H,4-5,8-17,20,22H2,1-3H3,(H,35,43)(H,36,44)(H,37,38,39);2*1-2H3/t23-;;/m0../s1. The Morgan fingerprint density at radius 2 is 1.75 bits per heavy atom. The maximum absolute atomic E-state index is 13.0. The SMILES string of the molecule is CC.CC.CC(=O)NCCN1CCN(CCCOc2cc3ncnc4c3cc2OCCCNC(=O)[C@H](C)N(C)Cc2ccc3c(c2N4)OCO3)CC1. The van der Waals surface area contributed by atoms with E-state index in [-0.39, 0.29) is 24.6 Å². The van der Waals surface area contributed by atoms with Crippen molar-refractivity contribution in [2.75, 3.05) is 84.7 Å². The second kappa shape index (κ2) is 20.6. The van der Waals surface area contributed by atoms with Crippen LogP contribution in [0.15, 0.2) is 30.6 Å².